The van der Waals surface area contributed by atoms with E-state index in [-0.39, 0.29) is 0 Å². The van der Waals surface area contributed by atoms with Crippen LogP contribution in [-0.2, 0) is 6.54 Å². The fourth-order valence-electron chi connectivity index (χ4n) is 3.20. The number of nitrogens with zero attached hydrogens (tertiary/aromatic N) is 3. The summed E-state index contributed by atoms with van der Waals surface area (Å²) in [6.45, 7) is 3.00. The maximum Gasteiger partial charge on any atom is 0.258 e. The molecule has 4 rings (SSSR count). The molecule has 3 aromatic rings. The summed E-state index contributed by atoms with van der Waals surface area (Å²) in [6.07, 6.45) is 0. The molecule has 0 saturated heterocycles. The van der Waals surface area contributed by atoms with Crippen LogP contribution in [0.5, 0.6) is 0 Å². The summed E-state index contributed by atoms with van der Waals surface area (Å²) in [7, 11) is 4.28. The highest BCUT2D eigenvalue weighted by molar-refractivity contribution is 7.20. The first-order valence-corrected chi connectivity index (χ1v) is 9.31. The van der Waals surface area contributed by atoms with Gasteiger partial charge in [-0.05, 0) is 42.9 Å². The molecular weight excluding hydrogens is 346 g/mol. The van der Waals surface area contributed by atoms with Crippen molar-refractivity contribution in [3.8, 4) is 0 Å². The number of aromatic nitrogens is 1. The number of nitrogens with two attached hydrogens (primary N) is 1. The third-order valence-electron chi connectivity index (χ3n) is 4.65. The van der Waals surface area contributed by atoms with Crippen LogP contribution in [0.1, 0.15) is 15.2 Å². The molecule has 0 unspecified atom stereocenters. The van der Waals surface area contributed by atoms with E-state index < -0.39 is 5.91 Å². The molecule has 1 aromatic carbocycles. The number of thiophene rings is 1. The maximum absolute atomic E-state index is 11.3. The summed E-state index contributed by atoms with van der Waals surface area (Å²) < 4.78 is 0. The first kappa shape index (κ1) is 16.8. The molecule has 0 radical (unpaired) electrons. The number of rotatable bonds is 3. The standard InChI is InChI=1S/C19H21N5OS/c1-23-7-8-24(2)15-10-14(5-3-13(15)11-23)21-17-6-4-12-9-16(18(20)25)26-19(12)22-17/h3-6,9-10H,7-8,11H2,1-2H3,(H2,20,25)(H,21,22). The smallest absolute Gasteiger partial charge is 0.258 e. The number of hydrogen-bond donors (Lipinski definition) is 2. The number of nitrogens with one attached hydrogen (secondary N) is 1. The average molecular weight is 367 g/mol. The van der Waals surface area contributed by atoms with E-state index in [1.165, 1.54) is 22.6 Å². The third kappa shape index (κ3) is 3.23. The molecule has 7 heteroatoms. The SMILES string of the molecule is CN1CCN(C)c2cc(Nc3ccc4cc(C(N)=O)sc4n3)ccc2C1. The number of anilines is 3. The van der Waals surface area contributed by atoms with E-state index in [4.69, 9.17) is 5.73 Å². The van der Waals surface area contributed by atoms with Gasteiger partial charge in [0.2, 0.25) is 0 Å². The van der Waals surface area contributed by atoms with Crippen molar-refractivity contribution in [3.63, 3.8) is 0 Å². The fourth-order valence-corrected chi connectivity index (χ4v) is 4.08. The van der Waals surface area contributed by atoms with Gasteiger partial charge in [-0.2, -0.15) is 0 Å². The Hall–Kier alpha value is -2.64. The van der Waals surface area contributed by atoms with Gasteiger partial charge in [-0.25, -0.2) is 4.98 Å². The van der Waals surface area contributed by atoms with Crippen molar-refractivity contribution in [1.82, 2.24) is 9.88 Å². The quantitative estimate of drug-likeness (QED) is 0.744. The first-order valence-electron chi connectivity index (χ1n) is 8.49. The van der Waals surface area contributed by atoms with Crippen LogP contribution in [0.2, 0.25) is 0 Å². The Morgan fingerprint density at radius 1 is 1.19 bits per heavy atom. The molecule has 0 fully saturated rings. The van der Waals surface area contributed by atoms with E-state index in [0.29, 0.717) is 4.88 Å². The first-order chi connectivity index (χ1) is 12.5. The normalized spacial score (nSPS) is 14.9. The van der Waals surface area contributed by atoms with E-state index >= 15 is 0 Å². The summed E-state index contributed by atoms with van der Waals surface area (Å²) in [5.41, 5.74) is 8.93. The molecule has 134 valence electrons. The van der Waals surface area contributed by atoms with Gasteiger partial charge in [0, 0.05) is 43.4 Å². The number of amides is 1. The summed E-state index contributed by atoms with van der Waals surface area (Å²) in [5, 5.41) is 4.31. The number of likely N-dealkylation sites (N-methyl/N-ethyl adjacent to an activating group) is 2. The van der Waals surface area contributed by atoms with Crippen LogP contribution < -0.4 is 16.0 Å². The minimum atomic E-state index is -0.415. The van der Waals surface area contributed by atoms with Gasteiger partial charge in [0.25, 0.3) is 5.91 Å². The van der Waals surface area contributed by atoms with E-state index in [1.54, 1.807) is 6.07 Å². The van der Waals surface area contributed by atoms with Crippen LogP contribution >= 0.6 is 11.3 Å². The van der Waals surface area contributed by atoms with Crippen LogP contribution in [0.25, 0.3) is 10.2 Å². The molecule has 0 saturated carbocycles. The van der Waals surface area contributed by atoms with Crippen molar-refractivity contribution >= 4 is 44.7 Å². The number of pyridine rings is 1. The number of benzene rings is 1. The lowest BCUT2D eigenvalue weighted by Crippen LogP contribution is -2.26. The molecule has 6 nitrogen and oxygen atoms in total. The Kier molecular flexibility index (Phi) is 4.26. The van der Waals surface area contributed by atoms with E-state index in [9.17, 15) is 4.79 Å². The van der Waals surface area contributed by atoms with Gasteiger partial charge in [-0.1, -0.05) is 6.07 Å². The van der Waals surface area contributed by atoms with Crippen LogP contribution in [0.4, 0.5) is 17.2 Å². The zero-order valence-electron chi connectivity index (χ0n) is 14.8. The van der Waals surface area contributed by atoms with Gasteiger partial charge in [-0.3, -0.25) is 4.79 Å². The molecule has 3 N–H and O–H groups in total. The number of carbonyl (C=O) groups excluding carboxylic acids is 1. The zero-order valence-corrected chi connectivity index (χ0v) is 15.6. The lowest BCUT2D eigenvalue weighted by molar-refractivity contribution is 0.100. The number of hydrogen-bond acceptors (Lipinski definition) is 6. The van der Waals surface area contributed by atoms with E-state index in [1.807, 2.05) is 12.1 Å². The Labute approximate surface area is 156 Å². The Morgan fingerprint density at radius 2 is 2.04 bits per heavy atom. The highest BCUT2D eigenvalue weighted by Gasteiger charge is 2.16. The van der Waals surface area contributed by atoms with E-state index in [0.717, 1.165) is 41.4 Å². The molecule has 1 aliphatic heterocycles. The molecule has 1 aliphatic rings. The average Bonchev–Trinajstić information content (AvgIpc) is 2.98. The van der Waals surface area contributed by atoms with E-state index in [2.05, 4.69) is 52.4 Å². The fraction of sp³-hybridized carbons (Fsp3) is 0.263. The highest BCUT2D eigenvalue weighted by atomic mass is 32.1. The largest absolute Gasteiger partial charge is 0.373 e. The van der Waals surface area contributed by atoms with Gasteiger partial charge < -0.3 is 20.9 Å². The molecule has 0 spiro atoms. The van der Waals surface area contributed by atoms with Gasteiger partial charge in [0.1, 0.15) is 10.6 Å². The molecule has 0 aliphatic carbocycles. The summed E-state index contributed by atoms with van der Waals surface area (Å²) in [4.78, 5) is 21.9. The second-order valence-corrected chi connectivity index (χ2v) is 7.72. The van der Waals surface area contributed by atoms with Gasteiger partial charge >= 0.3 is 0 Å². The van der Waals surface area contributed by atoms with Gasteiger partial charge in [0.15, 0.2) is 0 Å². The van der Waals surface area contributed by atoms with Crippen molar-refractivity contribution < 1.29 is 4.79 Å². The van der Waals surface area contributed by atoms with Crippen molar-refractivity contribution in [1.29, 1.82) is 0 Å². The highest BCUT2D eigenvalue weighted by Crippen LogP contribution is 2.30. The maximum atomic E-state index is 11.3. The van der Waals surface area contributed by atoms with Gasteiger partial charge in [-0.15, -0.1) is 11.3 Å². The topological polar surface area (TPSA) is 74.5 Å². The second kappa shape index (κ2) is 6.59. The van der Waals surface area contributed by atoms with Crippen LogP contribution in [-0.4, -0.2) is 43.0 Å². The van der Waals surface area contributed by atoms with Crippen LogP contribution in [0.3, 0.4) is 0 Å². The number of primary amides is 1. The Morgan fingerprint density at radius 3 is 2.85 bits per heavy atom. The predicted molar refractivity (Wildman–Crippen MR) is 107 cm³/mol. The van der Waals surface area contributed by atoms with Crippen molar-refractivity contribution in [2.24, 2.45) is 5.73 Å². The van der Waals surface area contributed by atoms with Crippen LogP contribution in [0.15, 0.2) is 36.4 Å². The van der Waals surface area contributed by atoms with Gasteiger partial charge in [0.05, 0.1) is 4.88 Å². The lowest BCUT2D eigenvalue weighted by Gasteiger charge is -2.20. The molecular formula is C19H21N5OS. The molecule has 1 amide bonds. The zero-order chi connectivity index (χ0) is 18.3. The summed E-state index contributed by atoms with van der Waals surface area (Å²) in [6, 6.07) is 12.1. The minimum absolute atomic E-state index is 0.415. The molecule has 0 atom stereocenters. The number of carbonyl (C=O) groups is 1. The molecule has 3 heterocycles. The van der Waals surface area contributed by atoms with Crippen LogP contribution in [0, 0.1) is 0 Å². The molecule has 2 aromatic heterocycles. The summed E-state index contributed by atoms with van der Waals surface area (Å²) in [5.74, 6) is 0.338. The second-order valence-electron chi connectivity index (χ2n) is 6.69. The Balaban J connectivity index is 1.63. The molecule has 0 bridgehead atoms. The minimum Gasteiger partial charge on any atom is -0.373 e. The summed E-state index contributed by atoms with van der Waals surface area (Å²) >= 11 is 1.32. The Bertz CT molecular complexity index is 983. The number of fused-ring (bicyclic) bond motifs is 2. The van der Waals surface area contributed by atoms with Crippen molar-refractivity contribution in [2.75, 3.05) is 37.4 Å². The molecule has 26 heavy (non-hydrogen) atoms. The lowest BCUT2D eigenvalue weighted by atomic mass is 10.1. The van der Waals surface area contributed by atoms with Crippen molar-refractivity contribution in [2.45, 2.75) is 6.54 Å². The predicted octanol–water partition coefficient (Wildman–Crippen LogP) is 3.02. The van der Waals surface area contributed by atoms with Crippen molar-refractivity contribution in [3.05, 3.63) is 46.8 Å². The monoisotopic (exact) mass is 367 g/mol. The third-order valence-corrected chi connectivity index (χ3v) is 5.71.